The average Bonchev–Trinajstić information content (AvgIpc) is 2.53. The van der Waals surface area contributed by atoms with E-state index in [0.717, 1.165) is 12.0 Å². The second kappa shape index (κ2) is 6.21. The third-order valence-corrected chi connectivity index (χ3v) is 4.41. The predicted octanol–water partition coefficient (Wildman–Crippen LogP) is 3.38. The Morgan fingerprint density at radius 2 is 2.00 bits per heavy atom. The van der Waals surface area contributed by atoms with E-state index in [9.17, 15) is 4.79 Å². The molecule has 20 heavy (non-hydrogen) atoms. The van der Waals surface area contributed by atoms with Crippen molar-refractivity contribution < 1.29 is 9.53 Å². The topological polar surface area (TPSA) is 38.7 Å². The summed E-state index contributed by atoms with van der Waals surface area (Å²) < 4.78 is 5.42. The molecule has 0 saturated heterocycles. The molecule has 0 radical (unpaired) electrons. The van der Waals surface area contributed by atoms with E-state index in [1.807, 2.05) is 36.5 Å². The molecule has 2 aliphatic rings. The Hall–Kier alpha value is -1.64. The van der Waals surface area contributed by atoms with Crippen LogP contribution in [0.25, 0.3) is 0 Å². The molecule has 1 aliphatic carbocycles. The van der Waals surface area contributed by atoms with Crippen molar-refractivity contribution in [2.45, 2.75) is 44.8 Å². The first-order valence-electron chi connectivity index (χ1n) is 7.57. The number of hydrogen-bond donors (Lipinski definition) is 0. The van der Waals surface area contributed by atoms with Crippen LogP contribution in [0.2, 0.25) is 0 Å². The van der Waals surface area contributed by atoms with Crippen molar-refractivity contribution in [3.63, 3.8) is 0 Å². The van der Waals surface area contributed by atoms with Gasteiger partial charge in [-0.1, -0.05) is 43.2 Å². The molecule has 1 saturated carbocycles. The smallest absolute Gasteiger partial charge is 0.314 e. The van der Waals surface area contributed by atoms with Gasteiger partial charge in [-0.15, -0.1) is 0 Å². The standard InChI is InChI=1S/C17H21NO2/c19-17(20-12-13-6-2-1-3-7-13)15-10-14-8-4-5-9-16(14)18-11-15/h1-3,6-7,11,14-16H,4-5,8-10,12H2/t14?,15-,16?/m1/s1. The fraction of sp³-hybridized carbons (Fsp3) is 0.529. The minimum Gasteiger partial charge on any atom is -0.460 e. The molecule has 1 heterocycles. The van der Waals surface area contributed by atoms with Crippen LogP contribution >= 0.6 is 0 Å². The Kier molecular flexibility index (Phi) is 4.14. The zero-order valence-corrected chi connectivity index (χ0v) is 11.7. The fourth-order valence-electron chi connectivity index (χ4n) is 3.25. The first-order valence-corrected chi connectivity index (χ1v) is 7.57. The summed E-state index contributed by atoms with van der Waals surface area (Å²) >= 11 is 0. The summed E-state index contributed by atoms with van der Waals surface area (Å²) in [6.45, 7) is 0.359. The van der Waals surface area contributed by atoms with Crippen molar-refractivity contribution in [1.82, 2.24) is 0 Å². The third-order valence-electron chi connectivity index (χ3n) is 4.41. The van der Waals surface area contributed by atoms with Gasteiger partial charge in [0.1, 0.15) is 6.61 Å². The summed E-state index contributed by atoms with van der Waals surface area (Å²) in [5.41, 5.74) is 1.03. The van der Waals surface area contributed by atoms with E-state index in [-0.39, 0.29) is 11.9 Å². The van der Waals surface area contributed by atoms with Gasteiger partial charge in [0.15, 0.2) is 0 Å². The third kappa shape index (κ3) is 3.09. The maximum absolute atomic E-state index is 12.1. The predicted molar refractivity (Wildman–Crippen MR) is 78.6 cm³/mol. The summed E-state index contributed by atoms with van der Waals surface area (Å²) in [4.78, 5) is 16.7. The van der Waals surface area contributed by atoms with Crippen LogP contribution in [0.1, 0.15) is 37.7 Å². The molecular weight excluding hydrogens is 250 g/mol. The van der Waals surface area contributed by atoms with Gasteiger partial charge in [-0.3, -0.25) is 9.79 Å². The monoisotopic (exact) mass is 271 g/mol. The van der Waals surface area contributed by atoms with Crippen LogP contribution in [0, 0.1) is 11.8 Å². The lowest BCUT2D eigenvalue weighted by molar-refractivity contribution is -0.148. The molecule has 1 aliphatic heterocycles. The quantitative estimate of drug-likeness (QED) is 0.790. The number of benzene rings is 1. The number of rotatable bonds is 3. The summed E-state index contributed by atoms with van der Waals surface area (Å²) in [5.74, 6) is 0.322. The molecule has 0 amide bonds. The van der Waals surface area contributed by atoms with E-state index in [1.54, 1.807) is 0 Å². The molecule has 2 unspecified atom stereocenters. The SMILES string of the molecule is O=C(OCc1ccccc1)[C@H]1C=NC2CCCCC2C1. The second-order valence-electron chi connectivity index (χ2n) is 5.85. The zero-order valence-electron chi connectivity index (χ0n) is 11.7. The Morgan fingerprint density at radius 3 is 2.85 bits per heavy atom. The van der Waals surface area contributed by atoms with E-state index in [1.165, 1.54) is 25.7 Å². The Morgan fingerprint density at radius 1 is 1.20 bits per heavy atom. The molecule has 1 fully saturated rings. The van der Waals surface area contributed by atoms with E-state index in [0.29, 0.717) is 18.6 Å². The van der Waals surface area contributed by atoms with Crippen molar-refractivity contribution in [2.75, 3.05) is 0 Å². The highest BCUT2D eigenvalue weighted by atomic mass is 16.5. The molecule has 0 N–H and O–H groups in total. The van der Waals surface area contributed by atoms with Gasteiger partial charge >= 0.3 is 5.97 Å². The van der Waals surface area contributed by atoms with Crippen molar-refractivity contribution in [3.8, 4) is 0 Å². The van der Waals surface area contributed by atoms with E-state index in [4.69, 9.17) is 4.74 Å². The lowest BCUT2D eigenvalue weighted by Gasteiger charge is -2.33. The maximum Gasteiger partial charge on any atom is 0.314 e. The van der Waals surface area contributed by atoms with Crippen molar-refractivity contribution in [3.05, 3.63) is 35.9 Å². The van der Waals surface area contributed by atoms with Gasteiger partial charge in [0.05, 0.1) is 12.0 Å². The first-order chi connectivity index (χ1) is 9.83. The van der Waals surface area contributed by atoms with Gasteiger partial charge in [0.2, 0.25) is 0 Å². The average molecular weight is 271 g/mol. The van der Waals surface area contributed by atoms with Gasteiger partial charge in [0, 0.05) is 6.21 Å². The molecular formula is C17H21NO2. The summed E-state index contributed by atoms with van der Waals surface area (Å²) in [7, 11) is 0. The fourth-order valence-corrected chi connectivity index (χ4v) is 3.25. The van der Waals surface area contributed by atoms with E-state index in [2.05, 4.69) is 4.99 Å². The van der Waals surface area contributed by atoms with Crippen LogP contribution in [0.4, 0.5) is 0 Å². The molecule has 3 heteroatoms. The van der Waals surface area contributed by atoms with Gasteiger partial charge in [0.25, 0.3) is 0 Å². The van der Waals surface area contributed by atoms with Gasteiger partial charge in [-0.2, -0.15) is 0 Å². The summed E-state index contributed by atoms with van der Waals surface area (Å²) in [6.07, 6.45) is 7.71. The van der Waals surface area contributed by atoms with Crippen LogP contribution in [0.15, 0.2) is 35.3 Å². The maximum atomic E-state index is 12.1. The van der Waals surface area contributed by atoms with Crippen LogP contribution < -0.4 is 0 Å². The molecule has 0 spiro atoms. The van der Waals surface area contributed by atoms with Crippen LogP contribution in [0.5, 0.6) is 0 Å². The molecule has 1 aromatic carbocycles. The Bertz CT molecular complexity index is 483. The number of carbonyl (C=O) groups excluding carboxylic acids is 1. The zero-order chi connectivity index (χ0) is 13.8. The molecule has 0 aromatic heterocycles. The lowest BCUT2D eigenvalue weighted by atomic mass is 9.77. The molecule has 0 bridgehead atoms. The number of carbonyl (C=O) groups is 1. The summed E-state index contributed by atoms with van der Waals surface area (Å²) in [6, 6.07) is 10.3. The number of ether oxygens (including phenoxy) is 1. The van der Waals surface area contributed by atoms with Crippen molar-refractivity contribution >= 4 is 12.2 Å². The van der Waals surface area contributed by atoms with Gasteiger partial charge in [-0.05, 0) is 30.7 Å². The number of esters is 1. The first kappa shape index (κ1) is 13.3. The van der Waals surface area contributed by atoms with Crippen LogP contribution in [-0.4, -0.2) is 18.2 Å². The van der Waals surface area contributed by atoms with Crippen LogP contribution in [0.3, 0.4) is 0 Å². The van der Waals surface area contributed by atoms with Gasteiger partial charge in [-0.25, -0.2) is 0 Å². The highest BCUT2D eigenvalue weighted by Crippen LogP contribution is 2.34. The van der Waals surface area contributed by atoms with Crippen molar-refractivity contribution in [1.29, 1.82) is 0 Å². The molecule has 106 valence electrons. The minimum atomic E-state index is -0.141. The Balaban J connectivity index is 1.55. The van der Waals surface area contributed by atoms with E-state index >= 15 is 0 Å². The molecule has 3 atom stereocenters. The number of fused-ring (bicyclic) bond motifs is 1. The highest BCUT2D eigenvalue weighted by Gasteiger charge is 2.33. The summed E-state index contributed by atoms with van der Waals surface area (Å²) in [5, 5.41) is 0. The minimum absolute atomic E-state index is 0.123. The molecule has 3 nitrogen and oxygen atoms in total. The largest absolute Gasteiger partial charge is 0.460 e. The van der Waals surface area contributed by atoms with Gasteiger partial charge < -0.3 is 4.74 Å². The number of aliphatic imine (C=N–C) groups is 1. The number of nitrogens with zero attached hydrogens (tertiary/aromatic N) is 1. The second-order valence-corrected chi connectivity index (χ2v) is 5.85. The normalized spacial score (nSPS) is 28.7. The van der Waals surface area contributed by atoms with Crippen molar-refractivity contribution in [2.24, 2.45) is 16.8 Å². The lowest BCUT2D eigenvalue weighted by Crippen LogP contribution is -2.34. The molecule has 3 rings (SSSR count). The highest BCUT2D eigenvalue weighted by molar-refractivity contribution is 5.90. The Labute approximate surface area is 120 Å². The van der Waals surface area contributed by atoms with E-state index < -0.39 is 0 Å². The molecule has 1 aromatic rings. The van der Waals surface area contributed by atoms with Crippen LogP contribution in [-0.2, 0) is 16.1 Å². The number of hydrogen-bond acceptors (Lipinski definition) is 3.